The van der Waals surface area contributed by atoms with E-state index in [1.807, 2.05) is 0 Å². The van der Waals surface area contributed by atoms with Crippen molar-refractivity contribution >= 4 is 15.9 Å². The predicted molar refractivity (Wildman–Crippen MR) is 89.6 cm³/mol. The SMILES string of the molecule is CC1CCCC(CN)(CN(C)Cc2cccc(Br)c2)C1. The van der Waals surface area contributed by atoms with Crippen LogP contribution in [0.25, 0.3) is 0 Å². The van der Waals surface area contributed by atoms with Gasteiger partial charge in [-0.05, 0) is 55.5 Å². The highest BCUT2D eigenvalue weighted by atomic mass is 79.9. The highest BCUT2D eigenvalue weighted by Crippen LogP contribution is 2.39. The molecule has 112 valence electrons. The summed E-state index contributed by atoms with van der Waals surface area (Å²) in [5.74, 6) is 0.826. The van der Waals surface area contributed by atoms with Crippen LogP contribution in [-0.2, 0) is 6.54 Å². The normalized spacial score (nSPS) is 26.9. The van der Waals surface area contributed by atoms with Crippen LogP contribution in [0.3, 0.4) is 0 Å². The van der Waals surface area contributed by atoms with E-state index in [1.165, 1.54) is 31.2 Å². The van der Waals surface area contributed by atoms with Gasteiger partial charge in [0.1, 0.15) is 0 Å². The Balaban J connectivity index is 1.97. The summed E-state index contributed by atoms with van der Waals surface area (Å²) in [6, 6.07) is 8.58. The fourth-order valence-corrected chi connectivity index (χ4v) is 4.18. The summed E-state index contributed by atoms with van der Waals surface area (Å²) in [4.78, 5) is 2.44. The van der Waals surface area contributed by atoms with Crippen LogP contribution < -0.4 is 5.73 Å². The number of hydrogen-bond donors (Lipinski definition) is 1. The van der Waals surface area contributed by atoms with Crippen LogP contribution in [0.15, 0.2) is 28.7 Å². The summed E-state index contributed by atoms with van der Waals surface area (Å²) in [5.41, 5.74) is 7.82. The third-order valence-corrected chi connectivity index (χ3v) is 5.06. The van der Waals surface area contributed by atoms with Gasteiger partial charge in [-0.2, -0.15) is 0 Å². The minimum absolute atomic E-state index is 0.332. The Kier molecular flexibility index (Phi) is 5.65. The zero-order chi connectivity index (χ0) is 14.6. The van der Waals surface area contributed by atoms with Crippen LogP contribution in [0.1, 0.15) is 38.2 Å². The van der Waals surface area contributed by atoms with E-state index in [4.69, 9.17) is 5.73 Å². The number of rotatable bonds is 5. The van der Waals surface area contributed by atoms with Gasteiger partial charge in [-0.1, -0.05) is 47.8 Å². The maximum atomic E-state index is 6.13. The first kappa shape index (κ1) is 16.0. The molecule has 2 nitrogen and oxygen atoms in total. The fraction of sp³-hybridized carbons (Fsp3) is 0.647. The van der Waals surface area contributed by atoms with Crippen LogP contribution in [0.4, 0.5) is 0 Å². The number of nitrogens with two attached hydrogens (primary N) is 1. The monoisotopic (exact) mass is 338 g/mol. The molecule has 1 aliphatic rings. The Bertz CT molecular complexity index is 435. The Labute approximate surface area is 131 Å². The highest BCUT2D eigenvalue weighted by Gasteiger charge is 2.34. The van der Waals surface area contributed by atoms with Gasteiger partial charge in [0.05, 0.1) is 0 Å². The van der Waals surface area contributed by atoms with Gasteiger partial charge < -0.3 is 10.6 Å². The summed E-state index contributed by atoms with van der Waals surface area (Å²) in [5, 5.41) is 0. The molecule has 1 aromatic carbocycles. The predicted octanol–water partition coefficient (Wildman–Crippen LogP) is 4.04. The molecule has 1 saturated carbocycles. The standard InChI is InChI=1S/C17H27BrN2/c1-14-5-4-8-17(10-14,12-19)13-20(2)11-15-6-3-7-16(18)9-15/h3,6-7,9,14H,4-5,8,10-13,19H2,1-2H3. The molecule has 2 unspecified atom stereocenters. The zero-order valence-corrected chi connectivity index (χ0v) is 14.3. The molecule has 0 aromatic heterocycles. The average molecular weight is 339 g/mol. The molecule has 20 heavy (non-hydrogen) atoms. The molecule has 0 aliphatic heterocycles. The molecule has 0 heterocycles. The second kappa shape index (κ2) is 7.06. The topological polar surface area (TPSA) is 29.3 Å². The van der Waals surface area contributed by atoms with Crippen LogP contribution in [0.2, 0.25) is 0 Å². The third-order valence-electron chi connectivity index (χ3n) is 4.57. The van der Waals surface area contributed by atoms with E-state index in [9.17, 15) is 0 Å². The molecule has 3 heteroatoms. The van der Waals surface area contributed by atoms with Crippen LogP contribution >= 0.6 is 15.9 Å². The second-order valence-corrected chi connectivity index (χ2v) is 7.62. The Morgan fingerprint density at radius 2 is 2.25 bits per heavy atom. The average Bonchev–Trinajstić information content (AvgIpc) is 2.38. The van der Waals surface area contributed by atoms with Crippen molar-refractivity contribution in [1.29, 1.82) is 0 Å². The van der Waals surface area contributed by atoms with Crippen LogP contribution in [0.5, 0.6) is 0 Å². The van der Waals surface area contributed by atoms with E-state index in [1.54, 1.807) is 0 Å². The maximum Gasteiger partial charge on any atom is 0.0231 e. The van der Waals surface area contributed by atoms with E-state index in [0.29, 0.717) is 5.41 Å². The first-order valence-corrected chi connectivity index (χ1v) is 8.45. The van der Waals surface area contributed by atoms with Gasteiger partial charge >= 0.3 is 0 Å². The Morgan fingerprint density at radius 1 is 1.45 bits per heavy atom. The lowest BCUT2D eigenvalue weighted by Gasteiger charge is -2.41. The maximum absolute atomic E-state index is 6.13. The summed E-state index contributed by atoms with van der Waals surface area (Å²) >= 11 is 3.54. The molecule has 2 rings (SSSR count). The molecule has 1 aromatic rings. The summed E-state index contributed by atoms with van der Waals surface area (Å²) in [6.07, 6.45) is 5.28. The van der Waals surface area contributed by atoms with Gasteiger partial charge in [-0.15, -0.1) is 0 Å². The minimum atomic E-state index is 0.332. The van der Waals surface area contributed by atoms with Crippen molar-refractivity contribution in [2.75, 3.05) is 20.1 Å². The van der Waals surface area contributed by atoms with Gasteiger partial charge in [0.15, 0.2) is 0 Å². The van der Waals surface area contributed by atoms with Crippen molar-refractivity contribution in [3.8, 4) is 0 Å². The largest absolute Gasteiger partial charge is 0.330 e. The fourth-order valence-electron chi connectivity index (χ4n) is 3.74. The van der Waals surface area contributed by atoms with Gasteiger partial charge in [0, 0.05) is 17.6 Å². The molecule has 0 amide bonds. The third kappa shape index (κ3) is 4.31. The van der Waals surface area contributed by atoms with E-state index >= 15 is 0 Å². The van der Waals surface area contributed by atoms with Gasteiger partial charge in [-0.25, -0.2) is 0 Å². The number of hydrogen-bond acceptors (Lipinski definition) is 2. The van der Waals surface area contributed by atoms with Crippen molar-refractivity contribution in [2.45, 2.75) is 39.2 Å². The summed E-state index contributed by atoms with van der Waals surface area (Å²) in [6.45, 7) is 5.30. The lowest BCUT2D eigenvalue weighted by molar-refractivity contribution is 0.0981. The second-order valence-electron chi connectivity index (χ2n) is 6.71. The van der Waals surface area contributed by atoms with Crippen molar-refractivity contribution in [1.82, 2.24) is 4.90 Å². The van der Waals surface area contributed by atoms with Gasteiger partial charge in [-0.3, -0.25) is 0 Å². The Morgan fingerprint density at radius 3 is 2.90 bits per heavy atom. The molecule has 0 spiro atoms. The number of benzene rings is 1. The summed E-state index contributed by atoms with van der Waals surface area (Å²) < 4.78 is 1.16. The Hall–Kier alpha value is -0.380. The molecule has 0 bridgehead atoms. The van der Waals surface area contributed by atoms with E-state index in [0.717, 1.165) is 30.0 Å². The van der Waals surface area contributed by atoms with Crippen molar-refractivity contribution in [3.05, 3.63) is 34.3 Å². The first-order chi connectivity index (χ1) is 9.53. The van der Waals surface area contributed by atoms with E-state index in [-0.39, 0.29) is 0 Å². The summed E-state index contributed by atoms with van der Waals surface area (Å²) in [7, 11) is 2.22. The zero-order valence-electron chi connectivity index (χ0n) is 12.7. The number of halogens is 1. The molecule has 0 radical (unpaired) electrons. The van der Waals surface area contributed by atoms with Gasteiger partial charge in [0.2, 0.25) is 0 Å². The van der Waals surface area contributed by atoms with Crippen molar-refractivity contribution in [2.24, 2.45) is 17.1 Å². The van der Waals surface area contributed by atoms with E-state index in [2.05, 4.69) is 59.1 Å². The quantitative estimate of drug-likeness (QED) is 0.877. The van der Waals surface area contributed by atoms with Crippen molar-refractivity contribution in [3.63, 3.8) is 0 Å². The molecule has 1 fully saturated rings. The number of nitrogens with zero attached hydrogens (tertiary/aromatic N) is 1. The van der Waals surface area contributed by atoms with Crippen LogP contribution in [0, 0.1) is 11.3 Å². The van der Waals surface area contributed by atoms with E-state index < -0.39 is 0 Å². The van der Waals surface area contributed by atoms with Crippen molar-refractivity contribution < 1.29 is 0 Å². The molecule has 2 N–H and O–H groups in total. The lowest BCUT2D eigenvalue weighted by atomic mass is 9.70. The molecule has 2 atom stereocenters. The molecular formula is C17H27BrN2. The molecule has 1 aliphatic carbocycles. The van der Waals surface area contributed by atoms with Crippen LogP contribution in [-0.4, -0.2) is 25.0 Å². The smallest absolute Gasteiger partial charge is 0.0231 e. The molecule has 0 saturated heterocycles. The van der Waals surface area contributed by atoms with Gasteiger partial charge in [0.25, 0.3) is 0 Å². The lowest BCUT2D eigenvalue weighted by Crippen LogP contribution is -2.44. The first-order valence-electron chi connectivity index (χ1n) is 7.66. The molecular weight excluding hydrogens is 312 g/mol. The minimum Gasteiger partial charge on any atom is -0.330 e. The highest BCUT2D eigenvalue weighted by molar-refractivity contribution is 9.10.